The summed E-state index contributed by atoms with van der Waals surface area (Å²) >= 11 is 0. The van der Waals surface area contributed by atoms with Crippen molar-refractivity contribution in [2.45, 2.75) is 11.8 Å². The van der Waals surface area contributed by atoms with Crippen LogP contribution in [0.3, 0.4) is 0 Å². The molecule has 0 radical (unpaired) electrons. The molecule has 1 aliphatic heterocycles. The van der Waals surface area contributed by atoms with Crippen LogP contribution >= 0.6 is 0 Å². The van der Waals surface area contributed by atoms with Crippen LogP contribution in [0.25, 0.3) is 6.08 Å². The van der Waals surface area contributed by atoms with Crippen LogP contribution in [-0.4, -0.2) is 25.0 Å². The minimum absolute atomic E-state index is 0.00601. The number of rotatable bonds is 6. The second-order valence-electron chi connectivity index (χ2n) is 7.02. The number of benzene rings is 3. The Morgan fingerprint density at radius 2 is 1.61 bits per heavy atom. The summed E-state index contributed by atoms with van der Waals surface area (Å²) in [6.45, 7) is 1.64. The van der Waals surface area contributed by atoms with Gasteiger partial charge in [0.2, 0.25) is 0 Å². The number of hydrogen-bond acceptors (Lipinski definition) is 7. The van der Waals surface area contributed by atoms with Crippen LogP contribution in [0.4, 0.5) is 11.4 Å². The highest BCUT2D eigenvalue weighted by Crippen LogP contribution is 2.30. The average Bonchev–Trinajstić information content (AvgIpc) is 3.09. The standard InChI is InChI=1S/C23H17N3O6S/c1-16-21(23(27)25(24-16)18-11-13-19(14-12-18)26(28)29)15-17-7-5-6-10-22(17)32-33(30,31)20-8-3-2-4-9-20/h2-15H,1H3/b21-15+. The third-order valence-electron chi connectivity index (χ3n) is 4.82. The smallest absolute Gasteiger partial charge is 0.339 e. The lowest BCUT2D eigenvalue weighted by molar-refractivity contribution is -0.384. The van der Waals surface area contributed by atoms with Crippen LogP contribution in [0.15, 0.2) is 94.4 Å². The van der Waals surface area contributed by atoms with E-state index in [1.54, 1.807) is 43.3 Å². The number of anilines is 1. The Bertz CT molecular complexity index is 1400. The first-order valence-electron chi connectivity index (χ1n) is 9.71. The van der Waals surface area contributed by atoms with Crippen molar-refractivity contribution in [1.29, 1.82) is 0 Å². The zero-order valence-electron chi connectivity index (χ0n) is 17.3. The van der Waals surface area contributed by atoms with Gasteiger partial charge in [-0.15, -0.1) is 0 Å². The van der Waals surface area contributed by atoms with E-state index in [2.05, 4.69) is 5.10 Å². The van der Waals surface area contributed by atoms with Crippen LogP contribution in [0.1, 0.15) is 12.5 Å². The minimum atomic E-state index is -4.07. The Labute approximate surface area is 189 Å². The van der Waals surface area contributed by atoms with Gasteiger partial charge in [-0.25, -0.2) is 0 Å². The van der Waals surface area contributed by atoms with Crippen molar-refractivity contribution in [3.05, 3.63) is 100 Å². The summed E-state index contributed by atoms with van der Waals surface area (Å²) in [5.74, 6) is -0.398. The van der Waals surface area contributed by atoms with Gasteiger partial charge in [-0.3, -0.25) is 14.9 Å². The Hall–Kier alpha value is -4.31. The van der Waals surface area contributed by atoms with E-state index in [1.165, 1.54) is 48.5 Å². The first-order valence-corrected chi connectivity index (χ1v) is 11.1. The predicted molar refractivity (Wildman–Crippen MR) is 122 cm³/mol. The summed E-state index contributed by atoms with van der Waals surface area (Å²) in [4.78, 5) is 23.3. The van der Waals surface area contributed by atoms with E-state index < -0.39 is 20.9 Å². The molecule has 3 aromatic rings. The Morgan fingerprint density at radius 1 is 0.970 bits per heavy atom. The van der Waals surface area contributed by atoms with Gasteiger partial charge in [0.05, 0.1) is 21.9 Å². The largest absolute Gasteiger partial charge is 0.378 e. The molecule has 4 rings (SSSR count). The highest BCUT2D eigenvalue weighted by molar-refractivity contribution is 7.87. The molecular weight excluding hydrogens is 446 g/mol. The molecule has 0 N–H and O–H groups in total. The molecule has 0 spiro atoms. The van der Waals surface area contributed by atoms with Gasteiger partial charge in [-0.2, -0.15) is 18.5 Å². The zero-order chi connectivity index (χ0) is 23.6. The number of carbonyl (C=O) groups excluding carboxylic acids is 1. The first kappa shape index (κ1) is 21.9. The van der Waals surface area contributed by atoms with Crippen LogP contribution < -0.4 is 9.19 Å². The molecule has 0 fully saturated rings. The number of hydrogen-bond donors (Lipinski definition) is 0. The quantitative estimate of drug-likeness (QED) is 0.234. The molecule has 9 nitrogen and oxygen atoms in total. The summed E-state index contributed by atoms with van der Waals surface area (Å²) < 4.78 is 30.6. The van der Waals surface area contributed by atoms with Crippen LogP contribution in [0, 0.1) is 10.1 Å². The monoisotopic (exact) mass is 463 g/mol. The number of nitro benzene ring substituents is 1. The molecule has 3 aromatic carbocycles. The van der Waals surface area contributed by atoms with Gasteiger partial charge in [0.1, 0.15) is 10.6 Å². The molecule has 0 aromatic heterocycles. The summed E-state index contributed by atoms with van der Waals surface area (Å²) in [7, 11) is -4.07. The Morgan fingerprint density at radius 3 is 2.27 bits per heavy atom. The lowest BCUT2D eigenvalue weighted by atomic mass is 10.1. The van der Waals surface area contributed by atoms with Crippen molar-refractivity contribution in [3.63, 3.8) is 0 Å². The number of amides is 1. The number of para-hydroxylation sites is 1. The van der Waals surface area contributed by atoms with E-state index in [1.807, 2.05) is 0 Å². The van der Waals surface area contributed by atoms with Crippen LogP contribution in [-0.2, 0) is 14.9 Å². The fourth-order valence-electron chi connectivity index (χ4n) is 3.16. The van der Waals surface area contributed by atoms with Gasteiger partial charge in [-0.1, -0.05) is 36.4 Å². The summed E-state index contributed by atoms with van der Waals surface area (Å²) in [6.07, 6.45) is 1.50. The van der Waals surface area contributed by atoms with E-state index in [4.69, 9.17) is 4.18 Å². The predicted octanol–water partition coefficient (Wildman–Crippen LogP) is 4.17. The van der Waals surface area contributed by atoms with Crippen molar-refractivity contribution in [2.75, 3.05) is 5.01 Å². The molecule has 0 unspecified atom stereocenters. The molecule has 0 saturated heterocycles. The number of non-ortho nitro benzene ring substituents is 1. The molecule has 10 heteroatoms. The topological polar surface area (TPSA) is 119 Å². The molecule has 1 aliphatic rings. The van der Waals surface area contributed by atoms with Crippen molar-refractivity contribution in [1.82, 2.24) is 0 Å². The average molecular weight is 463 g/mol. The maximum absolute atomic E-state index is 13.0. The van der Waals surface area contributed by atoms with Crippen molar-refractivity contribution in [3.8, 4) is 5.75 Å². The molecule has 0 aliphatic carbocycles. The van der Waals surface area contributed by atoms with Crippen molar-refractivity contribution in [2.24, 2.45) is 5.10 Å². The molecule has 33 heavy (non-hydrogen) atoms. The molecule has 0 atom stereocenters. The Kier molecular flexibility index (Phi) is 5.76. The van der Waals surface area contributed by atoms with Crippen LogP contribution in [0.5, 0.6) is 5.75 Å². The summed E-state index contributed by atoms with van der Waals surface area (Å²) in [5.41, 5.74) is 1.28. The van der Waals surface area contributed by atoms with Crippen LogP contribution in [0.2, 0.25) is 0 Å². The minimum Gasteiger partial charge on any atom is -0.378 e. The van der Waals surface area contributed by atoms with Gasteiger partial charge in [0.15, 0.2) is 0 Å². The lowest BCUT2D eigenvalue weighted by Gasteiger charge is -2.12. The SMILES string of the molecule is CC1=NN(c2ccc([N+](=O)[O-])cc2)C(=O)/C1=C/c1ccccc1OS(=O)(=O)c1ccccc1. The van der Waals surface area contributed by atoms with Gasteiger partial charge in [-0.05, 0) is 43.3 Å². The first-order chi connectivity index (χ1) is 15.8. The second kappa shape index (κ2) is 8.67. The number of hydrazone groups is 1. The molecule has 166 valence electrons. The zero-order valence-corrected chi connectivity index (χ0v) is 18.1. The summed E-state index contributed by atoms with van der Waals surface area (Å²) in [6, 6.07) is 19.6. The molecule has 0 bridgehead atoms. The molecular formula is C23H17N3O6S. The van der Waals surface area contributed by atoms with E-state index in [0.717, 1.165) is 5.01 Å². The maximum Gasteiger partial charge on any atom is 0.339 e. The number of nitrogens with zero attached hydrogens (tertiary/aromatic N) is 3. The van der Waals surface area contributed by atoms with E-state index in [-0.39, 0.29) is 21.9 Å². The van der Waals surface area contributed by atoms with Gasteiger partial charge >= 0.3 is 10.1 Å². The normalized spacial score (nSPS) is 14.9. The number of nitro groups is 1. The van der Waals surface area contributed by atoms with Gasteiger partial charge < -0.3 is 4.18 Å². The number of carbonyl (C=O) groups is 1. The third kappa shape index (κ3) is 4.51. The van der Waals surface area contributed by atoms with E-state index >= 15 is 0 Å². The van der Waals surface area contributed by atoms with Gasteiger partial charge in [0.25, 0.3) is 11.6 Å². The highest BCUT2D eigenvalue weighted by Gasteiger charge is 2.29. The summed E-state index contributed by atoms with van der Waals surface area (Å²) in [5, 5.41) is 16.2. The van der Waals surface area contributed by atoms with Crippen molar-refractivity contribution >= 4 is 39.2 Å². The molecule has 0 saturated carbocycles. The van der Waals surface area contributed by atoms with E-state index in [9.17, 15) is 23.3 Å². The molecule has 1 amide bonds. The maximum atomic E-state index is 13.0. The highest BCUT2D eigenvalue weighted by atomic mass is 32.2. The van der Waals surface area contributed by atoms with E-state index in [0.29, 0.717) is 17.0 Å². The fraction of sp³-hybridized carbons (Fsp3) is 0.0435. The van der Waals surface area contributed by atoms with Gasteiger partial charge in [0, 0.05) is 17.7 Å². The Balaban J connectivity index is 1.64. The molecule has 1 heterocycles. The lowest BCUT2D eigenvalue weighted by Crippen LogP contribution is -2.21. The fourth-order valence-corrected chi connectivity index (χ4v) is 4.13. The van der Waals surface area contributed by atoms with Crippen molar-refractivity contribution < 1.29 is 22.3 Å². The third-order valence-corrected chi connectivity index (χ3v) is 6.07. The second-order valence-corrected chi connectivity index (χ2v) is 8.57.